The second-order valence-electron chi connectivity index (χ2n) is 7.44. The minimum Gasteiger partial charge on any atom is -0.467 e. The molecule has 0 bridgehead atoms. The van der Waals surface area contributed by atoms with Crippen LogP contribution in [-0.2, 0) is 22.6 Å². The first-order valence-electron chi connectivity index (χ1n) is 10.2. The van der Waals surface area contributed by atoms with Crippen molar-refractivity contribution in [3.63, 3.8) is 0 Å². The molecule has 1 aliphatic heterocycles. The Hall–Kier alpha value is -3.83. The van der Waals surface area contributed by atoms with Crippen molar-refractivity contribution < 1.29 is 18.4 Å². The highest BCUT2D eigenvalue weighted by Gasteiger charge is 2.41. The first kappa shape index (κ1) is 22.4. The monoisotopic (exact) mass is 461 g/mol. The predicted molar refractivity (Wildman–Crippen MR) is 123 cm³/mol. The van der Waals surface area contributed by atoms with Crippen LogP contribution in [-0.4, -0.2) is 17.1 Å². The lowest BCUT2D eigenvalue weighted by Gasteiger charge is -2.18. The number of rotatable bonds is 6. The van der Waals surface area contributed by atoms with Crippen molar-refractivity contribution in [1.82, 2.24) is 5.32 Å². The SMILES string of the molecule is Cc1ccccc1C[C@H]1S/C(=C(/C#N)C(=O)NCc2ccco2)N(c2ccc(F)cc2)C1=O. The Morgan fingerprint density at radius 3 is 2.61 bits per heavy atom. The minimum absolute atomic E-state index is 0.103. The molecule has 2 aromatic carbocycles. The van der Waals surface area contributed by atoms with Gasteiger partial charge < -0.3 is 9.73 Å². The van der Waals surface area contributed by atoms with Crippen molar-refractivity contribution >= 4 is 29.3 Å². The number of thioether (sulfide) groups is 1. The molecule has 0 spiro atoms. The van der Waals surface area contributed by atoms with Crippen LogP contribution in [0.1, 0.15) is 16.9 Å². The van der Waals surface area contributed by atoms with Crippen molar-refractivity contribution in [2.45, 2.75) is 25.1 Å². The van der Waals surface area contributed by atoms with Crippen molar-refractivity contribution in [3.05, 3.63) is 100 Å². The third-order valence-electron chi connectivity index (χ3n) is 5.26. The fraction of sp³-hybridized carbons (Fsp3) is 0.160. The Balaban J connectivity index is 1.69. The Bertz CT molecular complexity index is 1250. The van der Waals surface area contributed by atoms with Crippen LogP contribution in [0.15, 0.2) is 81.9 Å². The number of anilines is 1. The molecule has 1 aromatic heterocycles. The molecule has 6 nitrogen and oxygen atoms in total. The Morgan fingerprint density at radius 1 is 1.18 bits per heavy atom. The molecule has 0 unspecified atom stereocenters. The molecule has 0 aliphatic carbocycles. The number of nitrogens with one attached hydrogen (secondary N) is 1. The van der Waals surface area contributed by atoms with Crippen molar-refractivity contribution in [2.24, 2.45) is 0 Å². The molecule has 4 rings (SSSR count). The molecule has 1 fully saturated rings. The molecule has 0 saturated carbocycles. The standard InChI is InChI=1S/C25H20FN3O3S/c1-16-5-2-3-6-17(16)13-22-24(31)29(19-10-8-18(26)9-11-19)25(33-22)21(14-27)23(30)28-15-20-7-4-12-32-20/h2-12,22H,13,15H2,1H3,(H,28,30)/b25-21-/t22-/m1/s1. The number of hydrogen-bond donors (Lipinski definition) is 1. The first-order valence-corrected chi connectivity index (χ1v) is 11.1. The van der Waals surface area contributed by atoms with E-state index < -0.39 is 17.0 Å². The maximum atomic E-state index is 13.5. The average molecular weight is 462 g/mol. The lowest BCUT2D eigenvalue weighted by molar-refractivity contribution is -0.117. The van der Waals surface area contributed by atoms with Crippen LogP contribution in [0.4, 0.5) is 10.1 Å². The van der Waals surface area contributed by atoms with E-state index in [2.05, 4.69) is 5.32 Å². The summed E-state index contributed by atoms with van der Waals surface area (Å²) in [5, 5.41) is 12.2. The zero-order chi connectivity index (χ0) is 23.4. The fourth-order valence-corrected chi connectivity index (χ4v) is 4.82. The van der Waals surface area contributed by atoms with Gasteiger partial charge in [0, 0.05) is 5.69 Å². The average Bonchev–Trinajstić information content (AvgIpc) is 3.44. The summed E-state index contributed by atoms with van der Waals surface area (Å²) in [6.45, 7) is 2.07. The highest BCUT2D eigenvalue weighted by Crippen LogP contribution is 2.42. The third-order valence-corrected chi connectivity index (χ3v) is 6.52. The van der Waals surface area contributed by atoms with Crippen LogP contribution >= 0.6 is 11.8 Å². The van der Waals surface area contributed by atoms with Gasteiger partial charge in [0.05, 0.1) is 18.1 Å². The first-order chi connectivity index (χ1) is 16.0. The molecule has 166 valence electrons. The van der Waals surface area contributed by atoms with Crippen LogP contribution in [0, 0.1) is 24.1 Å². The molecule has 1 aliphatic rings. The Labute approximate surface area is 194 Å². The normalized spacial score (nSPS) is 17.1. The molecular formula is C25H20FN3O3S. The topological polar surface area (TPSA) is 86.3 Å². The van der Waals surface area contributed by atoms with Gasteiger partial charge in [-0.25, -0.2) is 4.39 Å². The third kappa shape index (κ3) is 4.83. The second kappa shape index (κ2) is 9.76. The summed E-state index contributed by atoms with van der Waals surface area (Å²) < 4.78 is 18.7. The molecule has 2 heterocycles. The van der Waals surface area contributed by atoms with Crippen LogP contribution in [0.3, 0.4) is 0 Å². The van der Waals surface area contributed by atoms with E-state index in [1.807, 2.05) is 37.3 Å². The number of nitriles is 1. The van der Waals surface area contributed by atoms with Crippen molar-refractivity contribution in [2.75, 3.05) is 4.90 Å². The van der Waals surface area contributed by atoms with Gasteiger partial charge in [-0.2, -0.15) is 5.26 Å². The lowest BCUT2D eigenvalue weighted by atomic mass is 10.0. The number of aryl methyl sites for hydroxylation is 1. The molecule has 1 saturated heterocycles. The van der Waals surface area contributed by atoms with E-state index in [1.165, 1.54) is 47.2 Å². The second-order valence-corrected chi connectivity index (χ2v) is 8.63. The summed E-state index contributed by atoms with van der Waals surface area (Å²) in [4.78, 5) is 27.6. The van der Waals surface area contributed by atoms with E-state index in [9.17, 15) is 19.2 Å². The summed E-state index contributed by atoms with van der Waals surface area (Å²) in [6.07, 6.45) is 1.92. The predicted octanol–water partition coefficient (Wildman–Crippen LogP) is 4.47. The number of carbonyl (C=O) groups is 2. The number of halogens is 1. The van der Waals surface area contributed by atoms with Crippen molar-refractivity contribution in [1.29, 1.82) is 5.26 Å². The number of carbonyl (C=O) groups excluding carboxylic acids is 2. The van der Waals surface area contributed by atoms with E-state index in [0.717, 1.165) is 11.1 Å². The maximum absolute atomic E-state index is 13.5. The van der Waals surface area contributed by atoms with Gasteiger partial charge in [-0.05, 0) is 60.9 Å². The van der Waals surface area contributed by atoms with Crippen molar-refractivity contribution in [3.8, 4) is 6.07 Å². The largest absolute Gasteiger partial charge is 0.467 e. The maximum Gasteiger partial charge on any atom is 0.265 e. The highest BCUT2D eigenvalue weighted by atomic mass is 32.2. The Kier molecular flexibility index (Phi) is 6.61. The van der Waals surface area contributed by atoms with E-state index in [-0.39, 0.29) is 23.1 Å². The summed E-state index contributed by atoms with van der Waals surface area (Å²) >= 11 is 1.17. The number of benzene rings is 2. The summed E-state index contributed by atoms with van der Waals surface area (Å²) in [5.41, 5.74) is 2.26. The fourth-order valence-electron chi connectivity index (χ4n) is 3.52. The van der Waals surface area contributed by atoms with Gasteiger partial charge in [-0.3, -0.25) is 14.5 Å². The summed E-state index contributed by atoms with van der Waals surface area (Å²) in [6, 6.07) is 18.5. The van der Waals surface area contributed by atoms with Gasteiger partial charge in [0.1, 0.15) is 28.2 Å². The molecule has 33 heavy (non-hydrogen) atoms. The van der Waals surface area contributed by atoms with Gasteiger partial charge in [-0.1, -0.05) is 36.0 Å². The van der Waals surface area contributed by atoms with E-state index in [4.69, 9.17) is 4.42 Å². The van der Waals surface area contributed by atoms with Gasteiger partial charge >= 0.3 is 0 Å². The highest BCUT2D eigenvalue weighted by molar-refractivity contribution is 8.05. The lowest BCUT2D eigenvalue weighted by Crippen LogP contribution is -2.32. The molecule has 0 radical (unpaired) electrons. The molecule has 8 heteroatoms. The van der Waals surface area contributed by atoms with Crippen LogP contribution in [0.25, 0.3) is 0 Å². The Morgan fingerprint density at radius 2 is 1.94 bits per heavy atom. The number of amides is 2. The van der Waals surface area contributed by atoms with Gasteiger partial charge in [0.2, 0.25) is 5.91 Å². The molecule has 1 N–H and O–H groups in total. The van der Waals surface area contributed by atoms with E-state index in [0.29, 0.717) is 17.9 Å². The van der Waals surface area contributed by atoms with E-state index in [1.54, 1.807) is 12.1 Å². The number of hydrogen-bond acceptors (Lipinski definition) is 5. The smallest absolute Gasteiger partial charge is 0.265 e. The number of nitrogens with zero attached hydrogens (tertiary/aromatic N) is 2. The minimum atomic E-state index is -0.618. The molecule has 2 amide bonds. The quantitative estimate of drug-likeness (QED) is 0.432. The summed E-state index contributed by atoms with van der Waals surface area (Å²) in [5.74, 6) is -0.797. The van der Waals surface area contributed by atoms with Gasteiger partial charge in [-0.15, -0.1) is 0 Å². The number of furan rings is 1. The van der Waals surface area contributed by atoms with Gasteiger partial charge in [0.15, 0.2) is 0 Å². The van der Waals surface area contributed by atoms with Crippen LogP contribution in [0.2, 0.25) is 0 Å². The molecule has 1 atom stereocenters. The van der Waals surface area contributed by atoms with Gasteiger partial charge in [0.25, 0.3) is 5.91 Å². The zero-order valence-corrected chi connectivity index (χ0v) is 18.6. The molecule has 3 aromatic rings. The van der Waals surface area contributed by atoms with E-state index >= 15 is 0 Å². The zero-order valence-electron chi connectivity index (χ0n) is 17.7. The molecular weight excluding hydrogens is 441 g/mol. The summed E-state index contributed by atoms with van der Waals surface area (Å²) in [7, 11) is 0. The van der Waals surface area contributed by atoms with Crippen LogP contribution in [0.5, 0.6) is 0 Å². The van der Waals surface area contributed by atoms with Crippen LogP contribution < -0.4 is 10.2 Å².